The second kappa shape index (κ2) is 2.27. The van der Waals surface area contributed by atoms with Gasteiger partial charge in [-0.05, 0) is 12.1 Å². The molecule has 0 radical (unpaired) electrons. The van der Waals surface area contributed by atoms with E-state index < -0.39 is 11.6 Å². The molecule has 0 saturated carbocycles. The Morgan fingerprint density at radius 3 is 2.27 bits per heavy atom. The summed E-state index contributed by atoms with van der Waals surface area (Å²) in [5.74, 6) is -1.04. The van der Waals surface area contributed by atoms with Crippen LogP contribution in [0.4, 0.5) is 8.78 Å². The third kappa shape index (κ3) is 1.12. The van der Waals surface area contributed by atoms with Gasteiger partial charge >= 0.3 is 0 Å². The standard InChI is InChI=1S/C8H6F2O/c9-5-2-1-3-6(10)8(5)7-4-11-7/h1-3,7H,4H2/t7-/m0/s1. The van der Waals surface area contributed by atoms with Gasteiger partial charge in [-0.25, -0.2) is 8.78 Å². The SMILES string of the molecule is Fc1cccc(F)c1[C@@H]1CO1. The Hall–Kier alpha value is -0.960. The van der Waals surface area contributed by atoms with E-state index in [-0.39, 0.29) is 11.7 Å². The van der Waals surface area contributed by atoms with Crippen LogP contribution in [0.2, 0.25) is 0 Å². The summed E-state index contributed by atoms with van der Waals surface area (Å²) in [6, 6.07) is 3.82. The molecule has 11 heavy (non-hydrogen) atoms. The van der Waals surface area contributed by atoms with Crippen molar-refractivity contribution in [1.29, 1.82) is 0 Å². The quantitative estimate of drug-likeness (QED) is 0.567. The van der Waals surface area contributed by atoms with Crippen LogP contribution in [0.1, 0.15) is 11.7 Å². The molecule has 1 aromatic carbocycles. The largest absolute Gasteiger partial charge is 0.368 e. The molecule has 0 spiro atoms. The zero-order valence-corrected chi connectivity index (χ0v) is 5.68. The Balaban J connectivity index is 2.48. The van der Waals surface area contributed by atoms with Gasteiger partial charge in [-0.15, -0.1) is 0 Å². The van der Waals surface area contributed by atoms with Crippen molar-refractivity contribution >= 4 is 0 Å². The maximum Gasteiger partial charge on any atom is 0.132 e. The first-order valence-electron chi connectivity index (χ1n) is 3.34. The summed E-state index contributed by atoms with van der Waals surface area (Å²) in [5, 5.41) is 0. The van der Waals surface area contributed by atoms with Crippen LogP contribution >= 0.6 is 0 Å². The third-order valence-electron chi connectivity index (χ3n) is 1.66. The predicted octanol–water partition coefficient (Wildman–Crippen LogP) is 2.04. The summed E-state index contributed by atoms with van der Waals surface area (Å²) < 4.78 is 30.4. The minimum Gasteiger partial charge on any atom is -0.368 e. The highest BCUT2D eigenvalue weighted by atomic mass is 19.1. The van der Waals surface area contributed by atoms with Gasteiger partial charge in [-0.2, -0.15) is 0 Å². The fourth-order valence-corrected chi connectivity index (χ4v) is 1.03. The molecule has 0 unspecified atom stereocenters. The predicted molar refractivity (Wildman–Crippen MR) is 35.1 cm³/mol. The molecule has 1 fully saturated rings. The minimum absolute atomic E-state index is 0.0625. The molecule has 1 saturated heterocycles. The van der Waals surface area contributed by atoms with Crippen molar-refractivity contribution in [3.63, 3.8) is 0 Å². The molecule has 1 atom stereocenters. The van der Waals surface area contributed by atoms with Crippen LogP contribution in [-0.2, 0) is 4.74 Å². The number of rotatable bonds is 1. The third-order valence-corrected chi connectivity index (χ3v) is 1.66. The number of ether oxygens (including phenoxy) is 1. The van der Waals surface area contributed by atoms with Crippen molar-refractivity contribution < 1.29 is 13.5 Å². The zero-order valence-electron chi connectivity index (χ0n) is 5.68. The molecule has 1 aromatic rings. The van der Waals surface area contributed by atoms with Crippen molar-refractivity contribution in [3.8, 4) is 0 Å². The van der Waals surface area contributed by atoms with Crippen molar-refractivity contribution in [2.24, 2.45) is 0 Å². The highest BCUT2D eigenvalue weighted by molar-refractivity contribution is 5.24. The molecule has 1 aliphatic heterocycles. The maximum absolute atomic E-state index is 12.8. The van der Waals surface area contributed by atoms with Crippen LogP contribution in [0.25, 0.3) is 0 Å². The normalized spacial score (nSPS) is 21.8. The van der Waals surface area contributed by atoms with Crippen molar-refractivity contribution in [2.45, 2.75) is 6.10 Å². The van der Waals surface area contributed by atoms with Gasteiger partial charge in [0.1, 0.15) is 17.7 Å². The average molecular weight is 156 g/mol. The van der Waals surface area contributed by atoms with Crippen LogP contribution < -0.4 is 0 Å². The van der Waals surface area contributed by atoms with E-state index in [4.69, 9.17) is 4.74 Å². The Bertz CT molecular complexity index is 261. The Labute approximate surface area is 62.6 Å². The van der Waals surface area contributed by atoms with Gasteiger partial charge in [0, 0.05) is 0 Å². The first kappa shape index (κ1) is 6.73. The van der Waals surface area contributed by atoms with Gasteiger partial charge < -0.3 is 4.74 Å². The Morgan fingerprint density at radius 2 is 1.82 bits per heavy atom. The molecule has 0 amide bonds. The molecule has 3 heteroatoms. The topological polar surface area (TPSA) is 12.5 Å². The second-order valence-electron chi connectivity index (χ2n) is 2.46. The average Bonchev–Trinajstić information content (AvgIpc) is 2.70. The molecule has 2 rings (SSSR count). The summed E-state index contributed by atoms with van der Waals surface area (Å²) >= 11 is 0. The molecular formula is C8H6F2O. The molecule has 0 aliphatic carbocycles. The molecule has 1 heterocycles. The maximum atomic E-state index is 12.8. The van der Waals surface area contributed by atoms with E-state index in [9.17, 15) is 8.78 Å². The molecule has 58 valence electrons. The van der Waals surface area contributed by atoms with E-state index in [0.717, 1.165) is 0 Å². The van der Waals surface area contributed by atoms with Gasteiger partial charge in [-0.1, -0.05) is 6.07 Å². The van der Waals surface area contributed by atoms with Crippen molar-refractivity contribution in [3.05, 3.63) is 35.4 Å². The van der Waals surface area contributed by atoms with Crippen LogP contribution in [0.15, 0.2) is 18.2 Å². The molecule has 1 aliphatic rings. The number of hydrogen-bond donors (Lipinski definition) is 0. The lowest BCUT2D eigenvalue weighted by molar-refractivity contribution is 0.398. The van der Waals surface area contributed by atoms with Crippen LogP contribution in [-0.4, -0.2) is 6.61 Å². The van der Waals surface area contributed by atoms with Crippen molar-refractivity contribution in [1.82, 2.24) is 0 Å². The van der Waals surface area contributed by atoms with E-state index in [2.05, 4.69) is 0 Å². The summed E-state index contributed by atoms with van der Waals surface area (Å²) in [7, 11) is 0. The zero-order chi connectivity index (χ0) is 7.84. The van der Waals surface area contributed by atoms with Gasteiger partial charge in [0.2, 0.25) is 0 Å². The molecule has 0 bridgehead atoms. The van der Waals surface area contributed by atoms with Crippen LogP contribution in [0.5, 0.6) is 0 Å². The van der Waals surface area contributed by atoms with E-state index in [0.29, 0.717) is 6.61 Å². The Morgan fingerprint density at radius 1 is 1.27 bits per heavy atom. The highest BCUT2D eigenvalue weighted by Crippen LogP contribution is 2.33. The number of epoxide rings is 1. The number of halogens is 2. The smallest absolute Gasteiger partial charge is 0.132 e. The highest BCUT2D eigenvalue weighted by Gasteiger charge is 2.30. The van der Waals surface area contributed by atoms with E-state index in [1.165, 1.54) is 18.2 Å². The lowest BCUT2D eigenvalue weighted by atomic mass is 10.1. The van der Waals surface area contributed by atoms with Gasteiger partial charge in [0.25, 0.3) is 0 Å². The number of hydrogen-bond acceptors (Lipinski definition) is 1. The minimum atomic E-state index is -0.521. The fraction of sp³-hybridized carbons (Fsp3) is 0.250. The van der Waals surface area contributed by atoms with Crippen molar-refractivity contribution in [2.75, 3.05) is 6.61 Å². The summed E-state index contributed by atoms with van der Waals surface area (Å²) in [4.78, 5) is 0. The van der Waals surface area contributed by atoms with Crippen LogP contribution in [0, 0.1) is 11.6 Å². The van der Waals surface area contributed by atoms with E-state index >= 15 is 0 Å². The number of benzene rings is 1. The van der Waals surface area contributed by atoms with Gasteiger partial charge in [0.15, 0.2) is 0 Å². The fourth-order valence-electron chi connectivity index (χ4n) is 1.03. The molecule has 1 nitrogen and oxygen atoms in total. The summed E-state index contributed by atoms with van der Waals surface area (Å²) in [6.07, 6.45) is -0.351. The molecule has 0 aromatic heterocycles. The molecule has 0 N–H and O–H groups in total. The van der Waals surface area contributed by atoms with Gasteiger partial charge in [0.05, 0.1) is 12.2 Å². The Kier molecular flexibility index (Phi) is 1.39. The monoisotopic (exact) mass is 156 g/mol. The van der Waals surface area contributed by atoms with E-state index in [1.54, 1.807) is 0 Å². The second-order valence-corrected chi connectivity index (χ2v) is 2.46. The first-order valence-corrected chi connectivity index (χ1v) is 3.34. The first-order chi connectivity index (χ1) is 5.29. The lowest BCUT2D eigenvalue weighted by Crippen LogP contribution is -1.92. The lowest BCUT2D eigenvalue weighted by Gasteiger charge is -1.98. The van der Waals surface area contributed by atoms with Gasteiger partial charge in [-0.3, -0.25) is 0 Å². The molecular weight excluding hydrogens is 150 g/mol. The van der Waals surface area contributed by atoms with Crippen LogP contribution in [0.3, 0.4) is 0 Å². The van der Waals surface area contributed by atoms with E-state index in [1.807, 2.05) is 0 Å². The summed E-state index contributed by atoms with van der Waals surface area (Å²) in [6.45, 7) is 0.428. The summed E-state index contributed by atoms with van der Waals surface area (Å²) in [5.41, 5.74) is 0.0625.